The number of hydrogen-bond donors (Lipinski definition) is 1. The van der Waals surface area contributed by atoms with Gasteiger partial charge >= 0.3 is 0 Å². The molecule has 0 radical (unpaired) electrons. The molecule has 128 valence electrons. The number of halogens is 1. The van der Waals surface area contributed by atoms with Crippen molar-refractivity contribution in [3.63, 3.8) is 0 Å². The van der Waals surface area contributed by atoms with E-state index in [0.29, 0.717) is 25.2 Å². The van der Waals surface area contributed by atoms with Crippen molar-refractivity contribution in [2.45, 2.75) is 26.3 Å². The molecular formula is C19H19FN4O. The fourth-order valence-corrected chi connectivity index (χ4v) is 2.50. The minimum Gasteiger partial charge on any atom is -0.311 e. The van der Waals surface area contributed by atoms with Crippen molar-refractivity contribution >= 4 is 11.7 Å². The van der Waals surface area contributed by atoms with Crippen LogP contribution in [0.15, 0.2) is 54.9 Å². The zero-order valence-corrected chi connectivity index (χ0v) is 13.9. The number of nitrogens with one attached hydrogen (secondary N) is 1. The third-order valence-corrected chi connectivity index (χ3v) is 3.76. The van der Waals surface area contributed by atoms with Crippen molar-refractivity contribution in [3.8, 4) is 11.1 Å². The predicted molar refractivity (Wildman–Crippen MR) is 94.5 cm³/mol. The standard InChI is InChI=1S/C19H19FN4O/c1-14-4-2-5-18(22-14)23-19(25)6-3-11-24-13-16(12-21-24)15-7-9-17(20)10-8-15/h2,4-5,7-10,12-13H,3,6,11H2,1H3,(H,22,23,25). The van der Waals surface area contributed by atoms with E-state index < -0.39 is 0 Å². The van der Waals surface area contributed by atoms with E-state index in [9.17, 15) is 9.18 Å². The van der Waals surface area contributed by atoms with Gasteiger partial charge in [-0.15, -0.1) is 0 Å². The zero-order chi connectivity index (χ0) is 17.6. The van der Waals surface area contributed by atoms with Gasteiger partial charge in [0.05, 0.1) is 6.20 Å². The Morgan fingerprint density at radius 2 is 1.96 bits per heavy atom. The fraction of sp³-hybridized carbons (Fsp3) is 0.211. The first-order valence-electron chi connectivity index (χ1n) is 8.12. The highest BCUT2D eigenvalue weighted by Crippen LogP contribution is 2.18. The van der Waals surface area contributed by atoms with Crippen LogP contribution in [0.2, 0.25) is 0 Å². The number of aromatic nitrogens is 3. The Labute approximate surface area is 145 Å². The highest BCUT2D eigenvalue weighted by atomic mass is 19.1. The Morgan fingerprint density at radius 3 is 2.72 bits per heavy atom. The lowest BCUT2D eigenvalue weighted by molar-refractivity contribution is -0.116. The molecule has 0 spiro atoms. The second-order valence-corrected chi connectivity index (χ2v) is 5.81. The van der Waals surface area contributed by atoms with Crippen LogP contribution in [-0.4, -0.2) is 20.7 Å². The smallest absolute Gasteiger partial charge is 0.225 e. The van der Waals surface area contributed by atoms with E-state index in [0.717, 1.165) is 16.8 Å². The quantitative estimate of drug-likeness (QED) is 0.743. The van der Waals surface area contributed by atoms with Gasteiger partial charge in [0.25, 0.3) is 0 Å². The minimum absolute atomic E-state index is 0.0657. The largest absolute Gasteiger partial charge is 0.311 e. The summed E-state index contributed by atoms with van der Waals surface area (Å²) in [4.78, 5) is 16.2. The summed E-state index contributed by atoms with van der Waals surface area (Å²) in [5.41, 5.74) is 2.70. The molecule has 2 aromatic heterocycles. The highest BCUT2D eigenvalue weighted by molar-refractivity contribution is 5.89. The van der Waals surface area contributed by atoms with Crippen molar-refractivity contribution < 1.29 is 9.18 Å². The number of amides is 1. The Kier molecular flexibility index (Phi) is 5.18. The van der Waals surface area contributed by atoms with Crippen molar-refractivity contribution in [1.29, 1.82) is 0 Å². The molecule has 1 aromatic carbocycles. The van der Waals surface area contributed by atoms with Gasteiger partial charge in [-0.1, -0.05) is 18.2 Å². The normalized spacial score (nSPS) is 10.6. The number of anilines is 1. The maximum absolute atomic E-state index is 13.0. The first-order chi connectivity index (χ1) is 12.1. The van der Waals surface area contributed by atoms with Gasteiger partial charge in [-0.3, -0.25) is 9.48 Å². The van der Waals surface area contributed by atoms with Crippen LogP contribution in [0.1, 0.15) is 18.5 Å². The highest BCUT2D eigenvalue weighted by Gasteiger charge is 2.05. The predicted octanol–water partition coefficient (Wildman–Crippen LogP) is 3.81. The molecule has 1 amide bonds. The van der Waals surface area contributed by atoms with Gasteiger partial charge in [0, 0.05) is 30.4 Å². The van der Waals surface area contributed by atoms with E-state index in [1.807, 2.05) is 25.3 Å². The summed E-state index contributed by atoms with van der Waals surface area (Å²) in [6.07, 6.45) is 4.70. The van der Waals surface area contributed by atoms with Gasteiger partial charge in [-0.05, 0) is 43.2 Å². The van der Waals surface area contributed by atoms with Crippen LogP contribution in [-0.2, 0) is 11.3 Å². The molecule has 1 N–H and O–H groups in total. The van der Waals surface area contributed by atoms with Gasteiger partial charge in [0.2, 0.25) is 5.91 Å². The van der Waals surface area contributed by atoms with E-state index in [-0.39, 0.29) is 11.7 Å². The van der Waals surface area contributed by atoms with Crippen LogP contribution < -0.4 is 5.32 Å². The van der Waals surface area contributed by atoms with Gasteiger partial charge in [-0.2, -0.15) is 5.10 Å². The molecular weight excluding hydrogens is 319 g/mol. The monoisotopic (exact) mass is 338 g/mol. The number of pyridine rings is 1. The van der Waals surface area contributed by atoms with E-state index in [4.69, 9.17) is 0 Å². The Morgan fingerprint density at radius 1 is 1.16 bits per heavy atom. The molecule has 3 aromatic rings. The van der Waals surface area contributed by atoms with Gasteiger partial charge < -0.3 is 5.32 Å². The van der Waals surface area contributed by atoms with E-state index in [1.54, 1.807) is 29.1 Å². The Bertz CT molecular complexity index is 858. The number of nitrogens with zero attached hydrogens (tertiary/aromatic N) is 3. The number of carbonyl (C=O) groups excluding carboxylic acids is 1. The van der Waals surface area contributed by atoms with Gasteiger partial charge in [-0.25, -0.2) is 9.37 Å². The van der Waals surface area contributed by atoms with E-state index >= 15 is 0 Å². The third kappa shape index (κ3) is 4.73. The summed E-state index contributed by atoms with van der Waals surface area (Å²) >= 11 is 0. The molecule has 0 aliphatic rings. The molecule has 5 nitrogen and oxygen atoms in total. The average molecular weight is 338 g/mol. The molecule has 3 rings (SSSR count). The second-order valence-electron chi connectivity index (χ2n) is 5.81. The third-order valence-electron chi connectivity index (χ3n) is 3.76. The van der Waals surface area contributed by atoms with Crippen molar-refractivity contribution in [2.24, 2.45) is 0 Å². The molecule has 0 atom stereocenters. The number of carbonyl (C=O) groups is 1. The number of benzene rings is 1. The SMILES string of the molecule is Cc1cccc(NC(=O)CCCn2cc(-c3ccc(F)cc3)cn2)n1. The van der Waals surface area contributed by atoms with Crippen LogP contribution in [0.3, 0.4) is 0 Å². The fourth-order valence-electron chi connectivity index (χ4n) is 2.50. The summed E-state index contributed by atoms with van der Waals surface area (Å²) in [6, 6.07) is 11.8. The van der Waals surface area contributed by atoms with Gasteiger partial charge in [0.15, 0.2) is 0 Å². The molecule has 0 saturated heterocycles. The summed E-state index contributed by atoms with van der Waals surface area (Å²) < 4.78 is 14.8. The molecule has 25 heavy (non-hydrogen) atoms. The lowest BCUT2D eigenvalue weighted by Gasteiger charge is -2.05. The van der Waals surface area contributed by atoms with Crippen molar-refractivity contribution in [3.05, 3.63) is 66.4 Å². The van der Waals surface area contributed by atoms with Gasteiger partial charge in [0.1, 0.15) is 11.6 Å². The zero-order valence-electron chi connectivity index (χ0n) is 13.9. The number of hydrogen-bond acceptors (Lipinski definition) is 3. The van der Waals surface area contributed by atoms with Crippen molar-refractivity contribution in [2.75, 3.05) is 5.32 Å². The molecule has 0 unspecified atom stereocenters. The topological polar surface area (TPSA) is 59.8 Å². The van der Waals surface area contributed by atoms with E-state index in [2.05, 4.69) is 15.4 Å². The molecule has 0 aliphatic heterocycles. The summed E-state index contributed by atoms with van der Waals surface area (Å²) in [7, 11) is 0. The van der Waals surface area contributed by atoms with E-state index in [1.165, 1.54) is 12.1 Å². The molecule has 2 heterocycles. The summed E-state index contributed by atoms with van der Waals surface area (Å²) in [5.74, 6) is 0.247. The molecule has 0 saturated carbocycles. The van der Waals surface area contributed by atoms with Crippen LogP contribution in [0, 0.1) is 12.7 Å². The molecule has 0 aliphatic carbocycles. The van der Waals surface area contributed by atoms with Crippen LogP contribution in [0.5, 0.6) is 0 Å². The van der Waals surface area contributed by atoms with Crippen molar-refractivity contribution in [1.82, 2.24) is 14.8 Å². The summed E-state index contributed by atoms with van der Waals surface area (Å²) in [5, 5.41) is 7.08. The molecule has 6 heteroatoms. The summed E-state index contributed by atoms with van der Waals surface area (Å²) in [6.45, 7) is 2.52. The number of aryl methyl sites for hydroxylation is 2. The maximum atomic E-state index is 13.0. The Hall–Kier alpha value is -3.02. The van der Waals surface area contributed by atoms with Crippen LogP contribution in [0.25, 0.3) is 11.1 Å². The van der Waals surface area contributed by atoms with Crippen LogP contribution >= 0.6 is 0 Å². The first kappa shape index (κ1) is 16.8. The minimum atomic E-state index is -0.259. The Balaban J connectivity index is 1.49. The lowest BCUT2D eigenvalue weighted by Crippen LogP contribution is -2.13. The first-order valence-corrected chi connectivity index (χ1v) is 8.12. The second kappa shape index (κ2) is 7.70. The number of rotatable bonds is 6. The van der Waals surface area contributed by atoms with Crippen LogP contribution in [0.4, 0.5) is 10.2 Å². The lowest BCUT2D eigenvalue weighted by atomic mass is 10.1. The average Bonchev–Trinajstić information content (AvgIpc) is 3.04. The molecule has 0 bridgehead atoms. The maximum Gasteiger partial charge on any atom is 0.225 e. The molecule has 0 fully saturated rings.